The average Bonchev–Trinajstić information content (AvgIpc) is 2.15. The van der Waals surface area contributed by atoms with Gasteiger partial charge in [0.2, 0.25) is 0 Å². The van der Waals surface area contributed by atoms with Crippen molar-refractivity contribution in [3.63, 3.8) is 0 Å². The number of amidine groups is 1. The Balaban J connectivity index is 2.95. The number of aliphatic imine (C=N–C) groups is 1. The smallest absolute Gasteiger partial charge is 0.161 e. The van der Waals surface area contributed by atoms with Gasteiger partial charge in [0.1, 0.15) is 11.5 Å². The van der Waals surface area contributed by atoms with Gasteiger partial charge >= 0.3 is 0 Å². The maximum absolute atomic E-state index is 12.6. The highest BCUT2D eigenvalue weighted by Crippen LogP contribution is 2.00. The van der Waals surface area contributed by atoms with Gasteiger partial charge in [-0.25, -0.2) is 15.2 Å². The van der Waals surface area contributed by atoms with Gasteiger partial charge in [-0.15, -0.1) is 0 Å². The Morgan fingerprint density at radius 1 is 1.57 bits per heavy atom. The molecule has 0 fully saturated rings. The van der Waals surface area contributed by atoms with E-state index < -0.39 is 0 Å². The third-order valence-corrected chi connectivity index (χ3v) is 1.49. The van der Waals surface area contributed by atoms with Gasteiger partial charge in [0.25, 0.3) is 0 Å². The average molecular weight is 196 g/mol. The summed E-state index contributed by atoms with van der Waals surface area (Å²) in [7, 11) is 0. The molecule has 5 heteroatoms. The zero-order valence-corrected chi connectivity index (χ0v) is 8.16. The lowest BCUT2D eigenvalue weighted by atomic mass is 10.3. The minimum atomic E-state index is -0.380. The van der Waals surface area contributed by atoms with E-state index in [1.165, 1.54) is 12.1 Å². The van der Waals surface area contributed by atoms with Crippen molar-refractivity contribution in [2.45, 2.75) is 19.9 Å². The third-order valence-electron chi connectivity index (χ3n) is 1.49. The van der Waals surface area contributed by atoms with Crippen LogP contribution in [0.5, 0.6) is 0 Å². The molecule has 3 N–H and O–H groups in total. The second-order valence-corrected chi connectivity index (χ2v) is 3.08. The lowest BCUT2D eigenvalue weighted by molar-refractivity contribution is 0.621. The number of halogens is 1. The second-order valence-electron chi connectivity index (χ2n) is 3.08. The Bertz CT molecular complexity index is 318. The van der Waals surface area contributed by atoms with Crippen LogP contribution in [0.2, 0.25) is 0 Å². The Morgan fingerprint density at radius 3 is 2.71 bits per heavy atom. The first kappa shape index (κ1) is 10.6. The van der Waals surface area contributed by atoms with Crippen molar-refractivity contribution in [2.24, 2.45) is 10.8 Å². The topological polar surface area (TPSA) is 63.3 Å². The van der Waals surface area contributed by atoms with Gasteiger partial charge in [0.05, 0.1) is 6.20 Å². The summed E-state index contributed by atoms with van der Waals surface area (Å²) in [6, 6.07) is 2.94. The Morgan fingerprint density at radius 2 is 2.29 bits per heavy atom. The zero-order valence-electron chi connectivity index (χ0n) is 8.16. The molecule has 1 heterocycles. The van der Waals surface area contributed by atoms with E-state index in [1.807, 2.05) is 13.8 Å². The number of hydrazine groups is 1. The van der Waals surface area contributed by atoms with Gasteiger partial charge in [-0.1, -0.05) is 0 Å². The molecular formula is C9H13FN4. The molecule has 0 saturated carbocycles. The number of nitrogens with two attached hydrogens (primary N) is 1. The lowest BCUT2D eigenvalue weighted by Crippen LogP contribution is -2.32. The number of hydrogen-bond acceptors (Lipinski definition) is 3. The quantitative estimate of drug-likeness (QED) is 0.319. The van der Waals surface area contributed by atoms with Crippen molar-refractivity contribution < 1.29 is 4.39 Å². The number of rotatable bonds is 2. The summed E-state index contributed by atoms with van der Waals surface area (Å²) in [6.45, 7) is 3.84. The van der Waals surface area contributed by atoms with Gasteiger partial charge in [-0.05, 0) is 26.0 Å². The van der Waals surface area contributed by atoms with Crippen LogP contribution in [-0.4, -0.2) is 16.9 Å². The number of pyridine rings is 1. The SMILES string of the molecule is CC(C)N=C(NN)c1ccc(F)cn1. The molecule has 0 saturated heterocycles. The van der Waals surface area contributed by atoms with E-state index in [-0.39, 0.29) is 11.9 Å². The minimum absolute atomic E-state index is 0.105. The van der Waals surface area contributed by atoms with E-state index in [0.29, 0.717) is 11.5 Å². The third kappa shape index (κ3) is 2.77. The first-order valence-corrected chi connectivity index (χ1v) is 4.30. The summed E-state index contributed by atoms with van der Waals surface area (Å²) in [4.78, 5) is 8.05. The molecule has 0 amide bonds. The molecule has 1 rings (SSSR count). The van der Waals surface area contributed by atoms with Gasteiger partial charge in [0, 0.05) is 6.04 Å². The largest absolute Gasteiger partial charge is 0.307 e. The van der Waals surface area contributed by atoms with Crippen LogP contribution in [0.1, 0.15) is 19.5 Å². The van der Waals surface area contributed by atoms with Crippen molar-refractivity contribution in [2.75, 3.05) is 0 Å². The van der Waals surface area contributed by atoms with Gasteiger partial charge in [-0.2, -0.15) is 0 Å². The molecule has 1 aromatic rings. The summed E-state index contributed by atoms with van der Waals surface area (Å²) in [5.41, 5.74) is 2.96. The maximum atomic E-state index is 12.6. The first-order valence-electron chi connectivity index (χ1n) is 4.30. The molecule has 0 bridgehead atoms. The molecule has 76 valence electrons. The molecule has 0 atom stereocenters. The van der Waals surface area contributed by atoms with E-state index in [0.717, 1.165) is 6.20 Å². The van der Waals surface area contributed by atoms with Gasteiger partial charge in [0.15, 0.2) is 5.84 Å². The molecule has 0 aliphatic rings. The fourth-order valence-corrected chi connectivity index (χ4v) is 0.951. The predicted molar refractivity (Wildman–Crippen MR) is 53.2 cm³/mol. The molecule has 4 nitrogen and oxygen atoms in total. The highest BCUT2D eigenvalue weighted by atomic mass is 19.1. The number of aromatic nitrogens is 1. The van der Waals surface area contributed by atoms with Crippen LogP contribution in [0.3, 0.4) is 0 Å². The summed E-state index contributed by atoms with van der Waals surface area (Å²) in [5, 5.41) is 0. The monoisotopic (exact) mass is 196 g/mol. The van der Waals surface area contributed by atoms with Crippen molar-refractivity contribution in [1.82, 2.24) is 10.4 Å². The summed E-state index contributed by atoms with van der Waals surface area (Å²) < 4.78 is 12.6. The maximum Gasteiger partial charge on any atom is 0.161 e. The first-order chi connectivity index (χ1) is 6.63. The van der Waals surface area contributed by atoms with Gasteiger partial charge in [-0.3, -0.25) is 4.99 Å². The summed E-state index contributed by atoms with van der Waals surface area (Å²) in [6.07, 6.45) is 1.13. The predicted octanol–water partition coefficient (Wildman–Crippen LogP) is 0.839. The van der Waals surface area contributed by atoms with Crippen LogP contribution in [0.15, 0.2) is 23.3 Å². The second kappa shape index (κ2) is 4.66. The minimum Gasteiger partial charge on any atom is -0.307 e. The Labute approximate surface area is 82.0 Å². The van der Waals surface area contributed by atoms with Crippen molar-refractivity contribution in [3.8, 4) is 0 Å². The zero-order chi connectivity index (χ0) is 10.6. The number of nitrogens with one attached hydrogen (secondary N) is 1. The standard InChI is InChI=1S/C9H13FN4/c1-6(2)13-9(14-11)8-4-3-7(10)5-12-8/h3-6H,11H2,1-2H3,(H,13,14). The van der Waals surface area contributed by atoms with E-state index in [2.05, 4.69) is 15.4 Å². The number of nitrogens with zero attached hydrogens (tertiary/aromatic N) is 2. The van der Waals surface area contributed by atoms with Crippen molar-refractivity contribution in [1.29, 1.82) is 0 Å². The number of hydrogen-bond donors (Lipinski definition) is 2. The highest BCUT2D eigenvalue weighted by Gasteiger charge is 2.03. The molecule has 0 aliphatic heterocycles. The molecular weight excluding hydrogens is 183 g/mol. The summed E-state index contributed by atoms with van der Waals surface area (Å²) >= 11 is 0. The van der Waals surface area contributed by atoms with Crippen LogP contribution in [0, 0.1) is 5.82 Å². The van der Waals surface area contributed by atoms with Crippen LogP contribution in [0.4, 0.5) is 4.39 Å². The van der Waals surface area contributed by atoms with E-state index in [9.17, 15) is 4.39 Å². The fraction of sp³-hybridized carbons (Fsp3) is 0.333. The highest BCUT2D eigenvalue weighted by molar-refractivity contribution is 5.96. The van der Waals surface area contributed by atoms with E-state index >= 15 is 0 Å². The normalized spacial score (nSPS) is 11.9. The Kier molecular flexibility index (Phi) is 3.53. The van der Waals surface area contributed by atoms with Crippen LogP contribution >= 0.6 is 0 Å². The van der Waals surface area contributed by atoms with Gasteiger partial charge < -0.3 is 5.43 Å². The van der Waals surface area contributed by atoms with Crippen molar-refractivity contribution >= 4 is 5.84 Å². The molecule has 0 unspecified atom stereocenters. The van der Waals surface area contributed by atoms with E-state index in [1.54, 1.807) is 0 Å². The molecule has 0 aliphatic carbocycles. The Hall–Kier alpha value is -1.49. The molecule has 0 aromatic carbocycles. The van der Waals surface area contributed by atoms with Crippen LogP contribution in [-0.2, 0) is 0 Å². The lowest BCUT2D eigenvalue weighted by Gasteiger charge is -2.06. The van der Waals surface area contributed by atoms with E-state index in [4.69, 9.17) is 5.84 Å². The molecule has 1 aromatic heterocycles. The summed E-state index contributed by atoms with van der Waals surface area (Å²) in [5.74, 6) is 5.35. The molecule has 0 radical (unpaired) electrons. The fourth-order valence-electron chi connectivity index (χ4n) is 0.951. The van der Waals surface area contributed by atoms with Crippen molar-refractivity contribution in [3.05, 3.63) is 29.8 Å². The van der Waals surface area contributed by atoms with Crippen LogP contribution in [0.25, 0.3) is 0 Å². The van der Waals surface area contributed by atoms with Crippen LogP contribution < -0.4 is 11.3 Å². The molecule has 14 heavy (non-hydrogen) atoms. The molecule has 0 spiro atoms.